The molecular formula is C14H15O3PS. The minimum atomic E-state index is -3.26. The molecule has 0 aliphatic heterocycles. The van der Waals surface area contributed by atoms with E-state index < -0.39 is 6.72 Å². The zero-order valence-electron chi connectivity index (χ0n) is 10.5. The van der Waals surface area contributed by atoms with Crippen LogP contribution in [0.2, 0.25) is 0 Å². The molecule has 2 rings (SSSR count). The first-order chi connectivity index (χ1) is 9.05. The molecule has 0 amide bonds. The highest BCUT2D eigenvalue weighted by atomic mass is 32.5. The topological polar surface area (TPSA) is 38.7 Å². The molecule has 100 valence electrons. The Balaban J connectivity index is 1.95. The van der Waals surface area contributed by atoms with E-state index in [4.69, 9.17) is 20.9 Å². The molecule has 0 aromatic heterocycles. The van der Waals surface area contributed by atoms with Crippen molar-refractivity contribution >= 4 is 18.5 Å². The van der Waals surface area contributed by atoms with Crippen LogP contribution in [0.5, 0.6) is 5.75 Å². The molecule has 3 nitrogen and oxygen atoms in total. The van der Waals surface area contributed by atoms with E-state index in [9.17, 15) is 4.89 Å². The molecular weight excluding hydrogens is 279 g/mol. The van der Waals surface area contributed by atoms with Crippen LogP contribution in [0, 0.1) is 6.92 Å². The molecule has 1 unspecified atom stereocenters. The first-order valence-electron chi connectivity index (χ1n) is 5.83. The van der Waals surface area contributed by atoms with Crippen LogP contribution in [0.3, 0.4) is 0 Å². The van der Waals surface area contributed by atoms with E-state index >= 15 is 0 Å². The summed E-state index contributed by atoms with van der Waals surface area (Å²) >= 11 is 4.98. The fraction of sp³-hybridized carbons (Fsp3) is 0.143. The van der Waals surface area contributed by atoms with Crippen molar-refractivity contribution in [2.75, 3.05) is 0 Å². The lowest BCUT2D eigenvalue weighted by atomic mass is 10.2. The molecule has 0 spiro atoms. The third kappa shape index (κ3) is 4.77. The van der Waals surface area contributed by atoms with Crippen molar-refractivity contribution in [2.45, 2.75) is 13.5 Å². The van der Waals surface area contributed by atoms with Crippen LogP contribution < -0.4 is 4.52 Å². The summed E-state index contributed by atoms with van der Waals surface area (Å²) < 4.78 is 10.6. The normalized spacial score (nSPS) is 13.8. The highest BCUT2D eigenvalue weighted by Gasteiger charge is 2.16. The van der Waals surface area contributed by atoms with Crippen LogP contribution in [0.25, 0.3) is 0 Å². The molecule has 1 atom stereocenters. The van der Waals surface area contributed by atoms with Crippen molar-refractivity contribution in [3.05, 3.63) is 65.7 Å². The third-order valence-corrected chi connectivity index (χ3v) is 3.92. The summed E-state index contributed by atoms with van der Waals surface area (Å²) in [6.07, 6.45) is 0. The summed E-state index contributed by atoms with van der Waals surface area (Å²) in [7, 11) is 0. The van der Waals surface area contributed by atoms with Gasteiger partial charge in [-0.15, -0.1) is 0 Å². The molecule has 0 aliphatic carbocycles. The highest BCUT2D eigenvalue weighted by Crippen LogP contribution is 2.44. The predicted molar refractivity (Wildman–Crippen MR) is 79.5 cm³/mol. The van der Waals surface area contributed by atoms with Gasteiger partial charge in [-0.2, -0.15) is 0 Å². The van der Waals surface area contributed by atoms with Crippen molar-refractivity contribution in [3.8, 4) is 5.75 Å². The second-order valence-corrected chi connectivity index (χ2v) is 6.89. The second-order valence-electron chi connectivity index (χ2n) is 4.13. The van der Waals surface area contributed by atoms with Gasteiger partial charge in [0, 0.05) is 11.8 Å². The van der Waals surface area contributed by atoms with E-state index in [1.807, 2.05) is 49.4 Å². The number of hydrogen-bond donors (Lipinski definition) is 1. The van der Waals surface area contributed by atoms with Gasteiger partial charge in [0.1, 0.15) is 5.75 Å². The van der Waals surface area contributed by atoms with Crippen molar-refractivity contribution in [3.63, 3.8) is 0 Å². The van der Waals surface area contributed by atoms with Crippen LogP contribution in [0.1, 0.15) is 11.1 Å². The summed E-state index contributed by atoms with van der Waals surface area (Å²) in [5.74, 6) is 0.518. The fourth-order valence-electron chi connectivity index (χ4n) is 1.49. The van der Waals surface area contributed by atoms with E-state index in [-0.39, 0.29) is 6.61 Å². The highest BCUT2D eigenvalue weighted by molar-refractivity contribution is 8.07. The lowest BCUT2D eigenvalue weighted by molar-refractivity contribution is 0.248. The Morgan fingerprint density at radius 2 is 1.68 bits per heavy atom. The van der Waals surface area contributed by atoms with Gasteiger partial charge in [-0.25, -0.2) is 0 Å². The van der Waals surface area contributed by atoms with Crippen LogP contribution in [0.4, 0.5) is 0 Å². The average Bonchev–Trinajstić information content (AvgIpc) is 2.40. The maximum atomic E-state index is 9.98. The third-order valence-electron chi connectivity index (χ3n) is 2.48. The number of rotatable bonds is 5. The van der Waals surface area contributed by atoms with Gasteiger partial charge in [-0.1, -0.05) is 48.0 Å². The second kappa shape index (κ2) is 6.31. The van der Waals surface area contributed by atoms with Crippen LogP contribution in [0.15, 0.2) is 54.6 Å². The fourth-order valence-corrected chi connectivity index (χ4v) is 2.66. The monoisotopic (exact) mass is 294 g/mol. The van der Waals surface area contributed by atoms with E-state index in [2.05, 4.69) is 0 Å². The van der Waals surface area contributed by atoms with Gasteiger partial charge in [-0.05, 0) is 24.6 Å². The van der Waals surface area contributed by atoms with Crippen LogP contribution >= 0.6 is 6.72 Å². The van der Waals surface area contributed by atoms with Crippen molar-refractivity contribution in [2.24, 2.45) is 0 Å². The van der Waals surface area contributed by atoms with Gasteiger partial charge in [-0.3, -0.25) is 4.52 Å². The molecule has 0 fully saturated rings. The van der Waals surface area contributed by atoms with E-state index in [0.29, 0.717) is 5.75 Å². The summed E-state index contributed by atoms with van der Waals surface area (Å²) in [6.45, 7) is -1.05. The first-order valence-corrected chi connectivity index (χ1v) is 8.42. The van der Waals surface area contributed by atoms with E-state index in [1.54, 1.807) is 12.1 Å². The Hall–Kier alpha value is -1.19. The quantitative estimate of drug-likeness (QED) is 0.851. The lowest BCUT2D eigenvalue weighted by Gasteiger charge is -2.16. The molecule has 0 saturated heterocycles. The van der Waals surface area contributed by atoms with Gasteiger partial charge in [0.05, 0.1) is 6.61 Å². The van der Waals surface area contributed by atoms with Crippen molar-refractivity contribution in [1.82, 2.24) is 0 Å². The molecule has 5 heteroatoms. The molecule has 2 aromatic carbocycles. The zero-order valence-corrected chi connectivity index (χ0v) is 12.2. The maximum absolute atomic E-state index is 9.98. The van der Waals surface area contributed by atoms with E-state index in [0.717, 1.165) is 11.1 Å². The van der Waals surface area contributed by atoms with Gasteiger partial charge in [0.15, 0.2) is 0 Å². The van der Waals surface area contributed by atoms with Crippen LogP contribution in [-0.4, -0.2) is 4.89 Å². The largest absolute Gasteiger partial charge is 0.424 e. The minimum absolute atomic E-state index is 0.237. The number of benzene rings is 2. The Morgan fingerprint density at radius 1 is 1.05 bits per heavy atom. The van der Waals surface area contributed by atoms with Gasteiger partial charge < -0.3 is 9.42 Å². The predicted octanol–water partition coefficient (Wildman–Crippen LogP) is 3.81. The molecule has 19 heavy (non-hydrogen) atoms. The Labute approximate surface area is 118 Å². The minimum Gasteiger partial charge on any atom is -0.424 e. The molecule has 1 N–H and O–H groups in total. The Morgan fingerprint density at radius 3 is 2.32 bits per heavy atom. The average molecular weight is 294 g/mol. The molecule has 0 aliphatic rings. The summed E-state index contributed by atoms with van der Waals surface area (Å²) in [5.41, 5.74) is 2.06. The van der Waals surface area contributed by atoms with Gasteiger partial charge >= 0.3 is 6.72 Å². The SMILES string of the molecule is Cc1ccc(OP(O)(=S)OCc2ccccc2)cc1. The molecule has 2 aromatic rings. The maximum Gasteiger partial charge on any atom is 0.378 e. The van der Waals surface area contributed by atoms with Crippen molar-refractivity contribution in [1.29, 1.82) is 0 Å². The lowest BCUT2D eigenvalue weighted by Crippen LogP contribution is -1.97. The summed E-state index contributed by atoms with van der Waals surface area (Å²) in [6, 6.07) is 16.8. The van der Waals surface area contributed by atoms with Crippen LogP contribution in [-0.2, 0) is 22.9 Å². The number of hydrogen-bond acceptors (Lipinski definition) is 3. The summed E-state index contributed by atoms with van der Waals surface area (Å²) in [5, 5.41) is 0. The van der Waals surface area contributed by atoms with Gasteiger partial charge in [0.2, 0.25) is 0 Å². The van der Waals surface area contributed by atoms with E-state index in [1.165, 1.54) is 0 Å². The first kappa shape index (κ1) is 14.2. The van der Waals surface area contributed by atoms with Crippen molar-refractivity contribution < 1.29 is 13.9 Å². The van der Waals surface area contributed by atoms with Gasteiger partial charge in [0.25, 0.3) is 0 Å². The standard InChI is InChI=1S/C14H15O3PS/c1-12-7-9-14(10-8-12)17-18(15,19)16-11-13-5-3-2-4-6-13/h2-10H,11H2,1H3,(H,15,19). The smallest absolute Gasteiger partial charge is 0.378 e. The number of aryl methyl sites for hydroxylation is 1. The molecule has 0 saturated carbocycles. The Kier molecular flexibility index (Phi) is 4.72. The summed E-state index contributed by atoms with van der Waals surface area (Å²) in [4.78, 5) is 9.98. The zero-order chi connectivity index (χ0) is 13.7. The Bertz CT molecular complexity index is 569. The molecule has 0 bridgehead atoms. The molecule has 0 radical (unpaired) electrons. The molecule has 0 heterocycles.